The summed E-state index contributed by atoms with van der Waals surface area (Å²) in [6.45, 7) is 8.20. The van der Waals surface area contributed by atoms with Crippen LogP contribution in [0.25, 0.3) is 0 Å². The van der Waals surface area contributed by atoms with Crippen LogP contribution in [0, 0.1) is 0 Å². The minimum atomic E-state index is 0.285. The molecule has 3 heterocycles. The molecule has 4 heteroatoms. The Balaban J connectivity index is 1.91. The molecule has 1 aromatic heterocycles. The van der Waals surface area contributed by atoms with E-state index in [1.165, 1.54) is 16.9 Å². The maximum atomic E-state index is 5.80. The number of rotatable bonds is 1. The molecule has 1 aromatic rings. The molecule has 0 aliphatic carbocycles. The van der Waals surface area contributed by atoms with Crippen LogP contribution in [0.3, 0.4) is 0 Å². The molecular formula is C14H21N3O. The lowest BCUT2D eigenvalue weighted by molar-refractivity contribution is -0.00551. The highest BCUT2D eigenvalue weighted by Crippen LogP contribution is 2.26. The van der Waals surface area contributed by atoms with Crippen molar-refractivity contribution in [1.82, 2.24) is 10.3 Å². The monoisotopic (exact) mass is 247 g/mol. The van der Waals surface area contributed by atoms with Gasteiger partial charge in [0.15, 0.2) is 0 Å². The smallest absolute Gasteiger partial charge is 0.132 e. The van der Waals surface area contributed by atoms with Crippen LogP contribution < -0.4 is 10.2 Å². The highest BCUT2D eigenvalue weighted by atomic mass is 16.5. The third-order valence-corrected chi connectivity index (χ3v) is 3.72. The Bertz CT molecular complexity index is 425. The van der Waals surface area contributed by atoms with E-state index in [1.54, 1.807) is 0 Å². The van der Waals surface area contributed by atoms with Crippen molar-refractivity contribution in [3.05, 3.63) is 23.4 Å². The Morgan fingerprint density at radius 1 is 1.33 bits per heavy atom. The maximum absolute atomic E-state index is 5.80. The topological polar surface area (TPSA) is 37.4 Å². The fraction of sp³-hybridized carbons (Fsp3) is 0.643. The van der Waals surface area contributed by atoms with E-state index in [0.29, 0.717) is 0 Å². The van der Waals surface area contributed by atoms with Gasteiger partial charge in [-0.25, -0.2) is 4.98 Å². The summed E-state index contributed by atoms with van der Waals surface area (Å²) < 4.78 is 5.80. The Kier molecular flexibility index (Phi) is 3.22. The van der Waals surface area contributed by atoms with Gasteiger partial charge in [-0.3, -0.25) is 0 Å². The van der Waals surface area contributed by atoms with Gasteiger partial charge >= 0.3 is 0 Å². The average Bonchev–Trinajstić information content (AvgIpc) is 2.37. The second-order valence-electron chi connectivity index (χ2n) is 5.36. The maximum Gasteiger partial charge on any atom is 0.132 e. The summed E-state index contributed by atoms with van der Waals surface area (Å²) in [4.78, 5) is 7.02. The average molecular weight is 247 g/mol. The quantitative estimate of drug-likeness (QED) is 0.812. The van der Waals surface area contributed by atoms with Crippen molar-refractivity contribution < 1.29 is 4.74 Å². The Hall–Kier alpha value is -1.13. The molecule has 0 bridgehead atoms. The first-order valence-corrected chi connectivity index (χ1v) is 6.82. The lowest BCUT2D eigenvalue weighted by Crippen LogP contribution is -2.46. The third kappa shape index (κ3) is 2.22. The molecule has 18 heavy (non-hydrogen) atoms. The Morgan fingerprint density at radius 3 is 2.89 bits per heavy atom. The zero-order valence-electron chi connectivity index (χ0n) is 11.1. The van der Waals surface area contributed by atoms with Crippen molar-refractivity contribution in [2.45, 2.75) is 39.0 Å². The number of morpholine rings is 1. The van der Waals surface area contributed by atoms with E-state index in [2.05, 4.69) is 35.1 Å². The Morgan fingerprint density at radius 2 is 2.11 bits per heavy atom. The highest BCUT2D eigenvalue weighted by Gasteiger charge is 2.26. The normalized spacial score (nSPS) is 28.0. The molecule has 1 saturated heterocycles. The molecular weight excluding hydrogens is 226 g/mol. The molecule has 0 spiro atoms. The first-order valence-electron chi connectivity index (χ1n) is 6.82. The fourth-order valence-corrected chi connectivity index (χ4v) is 3.02. The number of fused-ring (bicyclic) bond motifs is 1. The predicted molar refractivity (Wildman–Crippen MR) is 71.9 cm³/mol. The van der Waals surface area contributed by atoms with E-state index in [-0.39, 0.29) is 12.2 Å². The number of aromatic nitrogens is 1. The number of nitrogens with zero attached hydrogens (tertiary/aromatic N) is 2. The SMILES string of the molecule is C[C@@H]1CN(c2nccc3c2CCNC3)C[C@H](C)O1. The number of hydrogen-bond donors (Lipinski definition) is 1. The van der Waals surface area contributed by atoms with E-state index >= 15 is 0 Å². The van der Waals surface area contributed by atoms with Gasteiger partial charge in [-0.1, -0.05) is 0 Å². The summed E-state index contributed by atoms with van der Waals surface area (Å²) >= 11 is 0. The van der Waals surface area contributed by atoms with Crippen LogP contribution in [0.5, 0.6) is 0 Å². The van der Waals surface area contributed by atoms with E-state index in [9.17, 15) is 0 Å². The number of hydrogen-bond acceptors (Lipinski definition) is 4. The van der Waals surface area contributed by atoms with Crippen molar-refractivity contribution in [2.24, 2.45) is 0 Å². The third-order valence-electron chi connectivity index (χ3n) is 3.72. The van der Waals surface area contributed by atoms with Crippen LogP contribution in [0.2, 0.25) is 0 Å². The van der Waals surface area contributed by atoms with Gasteiger partial charge in [0.1, 0.15) is 5.82 Å². The zero-order valence-corrected chi connectivity index (χ0v) is 11.1. The molecule has 4 nitrogen and oxygen atoms in total. The first kappa shape index (κ1) is 11.9. The van der Waals surface area contributed by atoms with Crippen LogP contribution in [0.4, 0.5) is 5.82 Å². The minimum absolute atomic E-state index is 0.285. The van der Waals surface area contributed by atoms with Crippen molar-refractivity contribution in [1.29, 1.82) is 0 Å². The van der Waals surface area contributed by atoms with Crippen LogP contribution in [-0.4, -0.2) is 36.8 Å². The molecule has 2 aliphatic rings. The number of anilines is 1. The van der Waals surface area contributed by atoms with Gasteiger partial charge in [0.2, 0.25) is 0 Å². The number of pyridine rings is 1. The van der Waals surface area contributed by atoms with E-state index < -0.39 is 0 Å². The second kappa shape index (κ2) is 4.86. The minimum Gasteiger partial charge on any atom is -0.372 e. The van der Waals surface area contributed by atoms with Gasteiger partial charge in [-0.05, 0) is 38.4 Å². The van der Waals surface area contributed by atoms with Crippen LogP contribution in [0.15, 0.2) is 12.3 Å². The molecule has 2 atom stereocenters. The molecule has 3 rings (SSSR count). The summed E-state index contributed by atoms with van der Waals surface area (Å²) in [5, 5.41) is 3.42. The van der Waals surface area contributed by atoms with Crippen LogP contribution >= 0.6 is 0 Å². The van der Waals surface area contributed by atoms with E-state index in [1.807, 2.05) is 6.20 Å². The van der Waals surface area contributed by atoms with Gasteiger partial charge in [0, 0.05) is 31.4 Å². The second-order valence-corrected chi connectivity index (χ2v) is 5.36. The zero-order chi connectivity index (χ0) is 12.5. The number of nitrogens with one attached hydrogen (secondary N) is 1. The van der Waals surface area contributed by atoms with Crippen LogP contribution in [0.1, 0.15) is 25.0 Å². The van der Waals surface area contributed by atoms with Gasteiger partial charge in [-0.2, -0.15) is 0 Å². The van der Waals surface area contributed by atoms with Crippen molar-refractivity contribution >= 4 is 5.82 Å². The van der Waals surface area contributed by atoms with Crippen LogP contribution in [-0.2, 0) is 17.7 Å². The largest absolute Gasteiger partial charge is 0.372 e. The molecule has 0 amide bonds. The highest BCUT2D eigenvalue weighted by molar-refractivity contribution is 5.52. The molecule has 1 N–H and O–H groups in total. The molecule has 2 aliphatic heterocycles. The summed E-state index contributed by atoms with van der Waals surface area (Å²) in [6, 6.07) is 2.14. The van der Waals surface area contributed by atoms with E-state index in [0.717, 1.165) is 32.6 Å². The van der Waals surface area contributed by atoms with Gasteiger partial charge in [-0.15, -0.1) is 0 Å². The van der Waals surface area contributed by atoms with Crippen molar-refractivity contribution in [3.8, 4) is 0 Å². The van der Waals surface area contributed by atoms with E-state index in [4.69, 9.17) is 4.74 Å². The molecule has 0 radical (unpaired) electrons. The molecule has 1 fully saturated rings. The predicted octanol–water partition coefficient (Wildman–Crippen LogP) is 1.34. The fourth-order valence-electron chi connectivity index (χ4n) is 3.02. The van der Waals surface area contributed by atoms with Gasteiger partial charge in [0.25, 0.3) is 0 Å². The van der Waals surface area contributed by atoms with Gasteiger partial charge in [0.05, 0.1) is 12.2 Å². The number of ether oxygens (including phenoxy) is 1. The summed E-state index contributed by atoms with van der Waals surface area (Å²) in [7, 11) is 0. The standard InChI is InChI=1S/C14H21N3O/c1-10-8-17(9-11(2)18-10)14-13-4-5-15-7-12(13)3-6-16-14/h3,6,10-11,15H,4-5,7-9H2,1-2H3/t10-,11+. The Labute approximate surface area is 108 Å². The lowest BCUT2D eigenvalue weighted by Gasteiger charge is -2.37. The summed E-state index contributed by atoms with van der Waals surface area (Å²) in [5.41, 5.74) is 2.83. The first-order chi connectivity index (χ1) is 8.74. The van der Waals surface area contributed by atoms with Crippen molar-refractivity contribution in [3.63, 3.8) is 0 Å². The summed E-state index contributed by atoms with van der Waals surface area (Å²) in [6.07, 6.45) is 3.59. The molecule has 0 aromatic carbocycles. The van der Waals surface area contributed by atoms with Crippen molar-refractivity contribution in [2.75, 3.05) is 24.5 Å². The lowest BCUT2D eigenvalue weighted by atomic mass is 10.0. The molecule has 0 unspecified atom stereocenters. The summed E-state index contributed by atoms with van der Waals surface area (Å²) in [5.74, 6) is 1.18. The molecule has 98 valence electrons. The molecule has 0 saturated carbocycles. The van der Waals surface area contributed by atoms with Gasteiger partial charge < -0.3 is 15.0 Å².